The number of imidazole rings is 1. The molecule has 2 N–H and O–H groups in total. The Morgan fingerprint density at radius 1 is 1.44 bits per heavy atom. The van der Waals surface area contributed by atoms with E-state index in [1.54, 1.807) is 0 Å². The SMILES string of the molecule is O=C(COC[C@@H]1CCCCO1)NCCCc1nc2ccc(Cl)cc2[nH]1. The van der Waals surface area contributed by atoms with E-state index < -0.39 is 0 Å². The highest BCUT2D eigenvalue weighted by Crippen LogP contribution is 2.17. The number of rotatable bonds is 8. The van der Waals surface area contributed by atoms with Gasteiger partial charge in [-0.25, -0.2) is 4.98 Å². The molecular formula is C18H24ClN3O3. The third kappa shape index (κ3) is 5.70. The summed E-state index contributed by atoms with van der Waals surface area (Å²) in [5.41, 5.74) is 1.84. The lowest BCUT2D eigenvalue weighted by atomic mass is 10.1. The average molecular weight is 366 g/mol. The molecule has 6 nitrogen and oxygen atoms in total. The Hall–Kier alpha value is -1.63. The quantitative estimate of drug-likeness (QED) is 0.705. The summed E-state index contributed by atoms with van der Waals surface area (Å²) in [7, 11) is 0. The number of halogens is 1. The van der Waals surface area contributed by atoms with Crippen molar-refractivity contribution in [1.29, 1.82) is 0 Å². The number of carbonyl (C=O) groups is 1. The number of amides is 1. The number of benzene rings is 1. The fourth-order valence-corrected chi connectivity index (χ4v) is 3.08. The number of fused-ring (bicyclic) bond motifs is 1. The smallest absolute Gasteiger partial charge is 0.245 e. The Morgan fingerprint density at radius 3 is 3.20 bits per heavy atom. The van der Waals surface area contributed by atoms with Gasteiger partial charge in [-0.15, -0.1) is 0 Å². The van der Waals surface area contributed by atoms with Gasteiger partial charge in [0.2, 0.25) is 5.91 Å². The van der Waals surface area contributed by atoms with E-state index in [9.17, 15) is 4.79 Å². The number of aromatic amines is 1. The van der Waals surface area contributed by atoms with Crippen molar-refractivity contribution < 1.29 is 14.3 Å². The van der Waals surface area contributed by atoms with Crippen LogP contribution < -0.4 is 5.32 Å². The highest BCUT2D eigenvalue weighted by Gasteiger charge is 2.14. The Kier molecular flexibility index (Phi) is 6.67. The van der Waals surface area contributed by atoms with Gasteiger partial charge in [0.15, 0.2) is 0 Å². The molecule has 0 aliphatic carbocycles. The molecule has 0 radical (unpaired) electrons. The van der Waals surface area contributed by atoms with Gasteiger partial charge in [-0.2, -0.15) is 0 Å². The first-order valence-electron chi connectivity index (χ1n) is 8.81. The second-order valence-electron chi connectivity index (χ2n) is 6.30. The molecule has 0 spiro atoms. The molecule has 0 unspecified atom stereocenters. The van der Waals surface area contributed by atoms with Crippen LogP contribution in [0.25, 0.3) is 11.0 Å². The first kappa shape index (κ1) is 18.2. The number of aryl methyl sites for hydroxylation is 1. The lowest BCUT2D eigenvalue weighted by Gasteiger charge is -2.22. The molecule has 25 heavy (non-hydrogen) atoms. The van der Waals surface area contributed by atoms with Gasteiger partial charge in [-0.3, -0.25) is 4.79 Å². The van der Waals surface area contributed by atoms with E-state index in [-0.39, 0.29) is 18.6 Å². The van der Waals surface area contributed by atoms with Crippen molar-refractivity contribution in [2.75, 3.05) is 26.4 Å². The zero-order valence-corrected chi connectivity index (χ0v) is 15.0. The van der Waals surface area contributed by atoms with E-state index >= 15 is 0 Å². The first-order chi connectivity index (χ1) is 12.2. The minimum atomic E-state index is -0.0906. The fourth-order valence-electron chi connectivity index (χ4n) is 2.91. The molecule has 2 aromatic rings. The van der Waals surface area contributed by atoms with Crippen molar-refractivity contribution in [1.82, 2.24) is 15.3 Å². The highest BCUT2D eigenvalue weighted by molar-refractivity contribution is 6.31. The fraction of sp³-hybridized carbons (Fsp3) is 0.556. The van der Waals surface area contributed by atoms with Crippen LogP contribution in [-0.4, -0.2) is 48.3 Å². The lowest BCUT2D eigenvalue weighted by molar-refractivity contribution is -0.127. The number of hydrogen-bond acceptors (Lipinski definition) is 4. The molecule has 7 heteroatoms. The van der Waals surface area contributed by atoms with Crippen molar-refractivity contribution in [2.24, 2.45) is 0 Å². The van der Waals surface area contributed by atoms with Crippen LogP contribution in [0.1, 0.15) is 31.5 Å². The monoisotopic (exact) mass is 365 g/mol. The average Bonchev–Trinajstić information content (AvgIpc) is 3.01. The van der Waals surface area contributed by atoms with Crippen LogP contribution in [0.3, 0.4) is 0 Å². The van der Waals surface area contributed by atoms with E-state index in [2.05, 4.69) is 15.3 Å². The molecule has 3 rings (SSSR count). The standard InChI is InChI=1S/C18H24ClN3O3/c19-13-6-7-15-16(10-13)22-17(21-15)5-3-8-20-18(23)12-24-11-14-4-1-2-9-25-14/h6-7,10,14H,1-5,8-9,11-12H2,(H,20,23)(H,21,22)/t14-/m0/s1. The van der Waals surface area contributed by atoms with Crippen LogP contribution in [0.15, 0.2) is 18.2 Å². The zero-order valence-electron chi connectivity index (χ0n) is 14.2. The largest absolute Gasteiger partial charge is 0.376 e. The van der Waals surface area contributed by atoms with Gasteiger partial charge in [-0.05, 0) is 43.9 Å². The van der Waals surface area contributed by atoms with Crippen LogP contribution >= 0.6 is 11.6 Å². The molecule has 1 fully saturated rings. The highest BCUT2D eigenvalue weighted by atomic mass is 35.5. The molecule has 0 bridgehead atoms. The van der Waals surface area contributed by atoms with Gasteiger partial charge in [0.05, 0.1) is 23.7 Å². The van der Waals surface area contributed by atoms with Crippen molar-refractivity contribution in [2.45, 2.75) is 38.2 Å². The lowest BCUT2D eigenvalue weighted by Crippen LogP contribution is -2.31. The number of hydrogen-bond donors (Lipinski definition) is 2. The first-order valence-corrected chi connectivity index (χ1v) is 9.19. The molecule has 1 aliphatic heterocycles. The summed E-state index contributed by atoms with van der Waals surface area (Å²) in [5, 5.41) is 3.55. The molecule has 1 aromatic heterocycles. The molecule has 0 saturated carbocycles. The molecule has 136 valence electrons. The summed E-state index contributed by atoms with van der Waals surface area (Å²) >= 11 is 5.97. The van der Waals surface area contributed by atoms with Gasteiger partial charge >= 0.3 is 0 Å². The Balaban J connectivity index is 1.30. The predicted molar refractivity (Wildman–Crippen MR) is 96.8 cm³/mol. The summed E-state index contributed by atoms with van der Waals surface area (Å²) in [5.74, 6) is 0.810. The van der Waals surface area contributed by atoms with Crippen molar-refractivity contribution >= 4 is 28.5 Å². The second kappa shape index (κ2) is 9.17. The van der Waals surface area contributed by atoms with Crippen LogP contribution in [0.2, 0.25) is 5.02 Å². The maximum Gasteiger partial charge on any atom is 0.245 e. The predicted octanol–water partition coefficient (Wildman–Crippen LogP) is 2.85. The summed E-state index contributed by atoms with van der Waals surface area (Å²) in [6, 6.07) is 5.59. The molecular weight excluding hydrogens is 342 g/mol. The van der Waals surface area contributed by atoms with Crippen LogP contribution in [-0.2, 0) is 20.7 Å². The summed E-state index contributed by atoms with van der Waals surface area (Å²) in [6.45, 7) is 1.98. The molecule has 2 heterocycles. The van der Waals surface area contributed by atoms with Crippen molar-refractivity contribution in [3.63, 3.8) is 0 Å². The second-order valence-corrected chi connectivity index (χ2v) is 6.74. The van der Waals surface area contributed by atoms with Gasteiger partial charge in [0.1, 0.15) is 12.4 Å². The topological polar surface area (TPSA) is 76.2 Å². The molecule has 1 aliphatic rings. The number of H-pyrrole nitrogens is 1. The van der Waals surface area contributed by atoms with Crippen LogP contribution in [0.4, 0.5) is 0 Å². The van der Waals surface area contributed by atoms with E-state index in [4.69, 9.17) is 21.1 Å². The Labute approximate surface area is 152 Å². The number of carbonyl (C=O) groups excluding carboxylic acids is 1. The maximum absolute atomic E-state index is 11.8. The minimum Gasteiger partial charge on any atom is -0.376 e. The zero-order chi connectivity index (χ0) is 17.5. The van der Waals surface area contributed by atoms with Crippen LogP contribution in [0.5, 0.6) is 0 Å². The third-order valence-corrected chi connectivity index (χ3v) is 4.45. The maximum atomic E-state index is 11.8. The van der Waals surface area contributed by atoms with Gasteiger partial charge in [0, 0.05) is 24.6 Å². The van der Waals surface area contributed by atoms with Crippen molar-refractivity contribution in [3.05, 3.63) is 29.0 Å². The van der Waals surface area contributed by atoms with E-state index in [0.717, 1.165) is 49.1 Å². The summed E-state index contributed by atoms with van der Waals surface area (Å²) in [6.07, 6.45) is 5.03. The van der Waals surface area contributed by atoms with Gasteiger partial charge in [-0.1, -0.05) is 11.6 Å². The summed E-state index contributed by atoms with van der Waals surface area (Å²) in [4.78, 5) is 19.5. The van der Waals surface area contributed by atoms with Crippen molar-refractivity contribution in [3.8, 4) is 0 Å². The third-order valence-electron chi connectivity index (χ3n) is 4.22. The normalized spacial score (nSPS) is 17.7. The minimum absolute atomic E-state index is 0.0863. The Bertz CT molecular complexity index is 698. The summed E-state index contributed by atoms with van der Waals surface area (Å²) < 4.78 is 11.0. The molecule has 1 amide bonds. The number of nitrogens with zero attached hydrogens (tertiary/aromatic N) is 1. The molecule has 1 saturated heterocycles. The molecule has 1 aromatic carbocycles. The number of aromatic nitrogens is 2. The van der Waals surface area contributed by atoms with Gasteiger partial charge < -0.3 is 19.8 Å². The van der Waals surface area contributed by atoms with E-state index in [0.29, 0.717) is 18.2 Å². The Morgan fingerprint density at radius 2 is 2.36 bits per heavy atom. The van der Waals surface area contributed by atoms with E-state index in [1.807, 2.05) is 18.2 Å². The van der Waals surface area contributed by atoms with Crippen LogP contribution in [0, 0.1) is 0 Å². The molecule has 1 atom stereocenters. The van der Waals surface area contributed by atoms with Gasteiger partial charge in [0.25, 0.3) is 0 Å². The number of ether oxygens (including phenoxy) is 2. The number of nitrogens with one attached hydrogen (secondary N) is 2. The van der Waals surface area contributed by atoms with E-state index in [1.165, 1.54) is 6.42 Å².